The zero-order valence-electron chi connectivity index (χ0n) is 10.4. The van der Waals surface area contributed by atoms with E-state index in [4.69, 9.17) is 0 Å². The fourth-order valence-corrected chi connectivity index (χ4v) is 3.25. The maximum Gasteiger partial charge on any atom is 0.282 e. The quantitative estimate of drug-likeness (QED) is 0.496. The predicted molar refractivity (Wildman–Crippen MR) is 80.9 cm³/mol. The Hall–Kier alpha value is -0.850. The summed E-state index contributed by atoms with van der Waals surface area (Å²) in [4.78, 5) is 10.4. The number of nitrogens with zero attached hydrogens (tertiary/aromatic N) is 1. The van der Waals surface area contributed by atoms with Crippen molar-refractivity contribution in [3.05, 3.63) is 31.9 Å². The maximum absolute atomic E-state index is 10.8. The van der Waals surface area contributed by atoms with Gasteiger partial charge in [0.1, 0.15) is 0 Å². The van der Waals surface area contributed by atoms with Crippen molar-refractivity contribution in [1.29, 1.82) is 0 Å². The van der Waals surface area contributed by atoms with Crippen molar-refractivity contribution >= 4 is 34.0 Å². The molecule has 0 atom stereocenters. The highest BCUT2D eigenvalue weighted by molar-refractivity contribution is 14.1. The van der Waals surface area contributed by atoms with Crippen molar-refractivity contribution in [2.75, 3.05) is 5.32 Å². The smallest absolute Gasteiger partial charge is 0.282 e. The summed E-state index contributed by atoms with van der Waals surface area (Å²) < 4.78 is 0.682. The Bertz CT molecular complexity index is 456. The number of rotatable bonds is 3. The molecule has 0 spiro atoms. The summed E-state index contributed by atoms with van der Waals surface area (Å²) in [5, 5.41) is 14.3. The molecule has 0 radical (unpaired) electrons. The minimum Gasteiger partial charge on any atom is -0.380 e. The lowest BCUT2D eigenvalue weighted by Gasteiger charge is -2.35. The number of nitro benzene ring substituents is 1. The van der Waals surface area contributed by atoms with E-state index >= 15 is 0 Å². The van der Waals surface area contributed by atoms with Gasteiger partial charge in [-0.2, -0.15) is 0 Å². The first-order valence-electron chi connectivity index (χ1n) is 6.22. The van der Waals surface area contributed by atoms with Crippen molar-refractivity contribution in [1.82, 2.24) is 0 Å². The molecule has 0 unspecified atom stereocenters. The minimum absolute atomic E-state index is 0.136. The van der Waals surface area contributed by atoms with Crippen LogP contribution in [0.2, 0.25) is 0 Å². The van der Waals surface area contributed by atoms with E-state index in [9.17, 15) is 10.1 Å². The van der Waals surface area contributed by atoms with E-state index in [-0.39, 0.29) is 16.1 Å². The van der Waals surface area contributed by atoms with Crippen LogP contribution in [0.25, 0.3) is 0 Å². The lowest BCUT2D eigenvalue weighted by Crippen LogP contribution is -2.36. The highest BCUT2D eigenvalue weighted by atomic mass is 127. The Morgan fingerprint density at radius 3 is 2.56 bits per heavy atom. The minimum atomic E-state index is -0.339. The van der Waals surface area contributed by atoms with E-state index in [0.717, 1.165) is 5.69 Å². The van der Waals surface area contributed by atoms with Crippen LogP contribution in [-0.4, -0.2) is 10.5 Å². The molecular formula is C13H17IN2O2. The van der Waals surface area contributed by atoms with Crippen molar-refractivity contribution in [2.45, 2.75) is 44.6 Å². The summed E-state index contributed by atoms with van der Waals surface area (Å²) in [6.07, 6.45) is 6.16. The Morgan fingerprint density at radius 2 is 2.00 bits per heavy atom. The third kappa shape index (κ3) is 3.13. The summed E-state index contributed by atoms with van der Waals surface area (Å²) >= 11 is 2.02. The van der Waals surface area contributed by atoms with Gasteiger partial charge in [0.2, 0.25) is 0 Å². The first kappa shape index (κ1) is 13.6. The Balaban J connectivity index is 2.14. The number of hydrogen-bond acceptors (Lipinski definition) is 3. The molecule has 2 rings (SSSR count). The highest BCUT2D eigenvalue weighted by Crippen LogP contribution is 2.32. The molecule has 1 aliphatic carbocycles. The lowest BCUT2D eigenvalue weighted by molar-refractivity contribution is -0.385. The molecule has 0 aliphatic heterocycles. The fourth-order valence-electron chi connectivity index (χ4n) is 2.54. The number of nitrogens with one attached hydrogen (secondary N) is 1. The monoisotopic (exact) mass is 360 g/mol. The molecule has 1 saturated carbocycles. The molecule has 0 aromatic heterocycles. The van der Waals surface area contributed by atoms with E-state index in [2.05, 4.69) is 12.2 Å². The van der Waals surface area contributed by atoms with Crippen molar-refractivity contribution in [2.24, 2.45) is 0 Å². The van der Waals surface area contributed by atoms with Gasteiger partial charge >= 0.3 is 0 Å². The number of hydrogen-bond donors (Lipinski definition) is 1. The van der Waals surface area contributed by atoms with Crippen LogP contribution < -0.4 is 5.32 Å². The highest BCUT2D eigenvalue weighted by Gasteiger charge is 2.26. The van der Waals surface area contributed by atoms with Crippen molar-refractivity contribution < 1.29 is 4.92 Å². The van der Waals surface area contributed by atoms with Crippen molar-refractivity contribution in [3.63, 3.8) is 0 Å². The first-order valence-corrected chi connectivity index (χ1v) is 7.30. The van der Waals surface area contributed by atoms with E-state index in [1.807, 2.05) is 28.7 Å². The Morgan fingerprint density at radius 1 is 1.33 bits per heavy atom. The molecule has 5 heteroatoms. The van der Waals surface area contributed by atoms with E-state index < -0.39 is 0 Å². The van der Waals surface area contributed by atoms with E-state index in [1.54, 1.807) is 12.1 Å². The van der Waals surface area contributed by atoms with Gasteiger partial charge in [0, 0.05) is 17.3 Å². The molecular weight excluding hydrogens is 343 g/mol. The van der Waals surface area contributed by atoms with Gasteiger partial charge in [0.15, 0.2) is 0 Å². The normalized spacial score (nSPS) is 18.3. The second-order valence-electron chi connectivity index (χ2n) is 5.17. The van der Waals surface area contributed by atoms with Crippen molar-refractivity contribution in [3.8, 4) is 0 Å². The second kappa shape index (κ2) is 5.42. The second-order valence-corrected chi connectivity index (χ2v) is 6.33. The summed E-state index contributed by atoms with van der Waals surface area (Å²) in [5.74, 6) is 0. The van der Waals surface area contributed by atoms with Gasteiger partial charge in [0.05, 0.1) is 8.49 Å². The third-order valence-electron chi connectivity index (χ3n) is 3.55. The van der Waals surface area contributed by atoms with Gasteiger partial charge < -0.3 is 5.32 Å². The SMILES string of the molecule is CC1(Nc2ccc([N+](=O)[O-])c(I)c2)CCCCC1. The predicted octanol–water partition coefficient (Wildman–Crippen LogP) is 4.33. The van der Waals surface area contributed by atoms with E-state index in [0.29, 0.717) is 3.57 Å². The molecule has 0 saturated heterocycles. The van der Waals surface area contributed by atoms with E-state index in [1.165, 1.54) is 32.1 Å². The first-order chi connectivity index (χ1) is 8.50. The standard InChI is InChI=1S/C13H17IN2O2/c1-13(7-3-2-4-8-13)15-10-5-6-12(16(17)18)11(14)9-10/h5-6,9,15H,2-4,7-8H2,1H3. The molecule has 1 aromatic rings. The molecule has 0 bridgehead atoms. The van der Waals surface area contributed by atoms with Crippen LogP contribution in [0, 0.1) is 13.7 Å². The Labute approximate surface area is 120 Å². The molecule has 0 amide bonds. The average Bonchev–Trinajstić information content (AvgIpc) is 2.28. The number of nitro groups is 1. The molecule has 4 nitrogen and oxygen atoms in total. The third-order valence-corrected chi connectivity index (χ3v) is 4.41. The van der Waals surface area contributed by atoms with Crippen LogP contribution in [0.1, 0.15) is 39.0 Å². The van der Waals surface area contributed by atoms with Gasteiger partial charge in [-0.3, -0.25) is 10.1 Å². The number of benzene rings is 1. The van der Waals surface area contributed by atoms with Gasteiger partial charge in [-0.1, -0.05) is 19.3 Å². The largest absolute Gasteiger partial charge is 0.380 e. The molecule has 1 fully saturated rings. The van der Waals surface area contributed by atoms with Crippen LogP contribution in [-0.2, 0) is 0 Å². The molecule has 1 N–H and O–H groups in total. The zero-order chi connectivity index (χ0) is 13.2. The van der Waals surface area contributed by atoms with Crippen LogP contribution >= 0.6 is 22.6 Å². The lowest BCUT2D eigenvalue weighted by atomic mass is 9.83. The van der Waals surface area contributed by atoms with Crippen LogP contribution in [0.15, 0.2) is 18.2 Å². The van der Waals surface area contributed by atoms with Gasteiger partial charge in [-0.25, -0.2) is 0 Å². The molecule has 0 heterocycles. The van der Waals surface area contributed by atoms with Crippen LogP contribution in [0.4, 0.5) is 11.4 Å². The van der Waals surface area contributed by atoms with Gasteiger partial charge in [-0.05, 0) is 54.5 Å². The molecule has 1 aliphatic rings. The molecule has 18 heavy (non-hydrogen) atoms. The van der Waals surface area contributed by atoms with Crippen LogP contribution in [0.5, 0.6) is 0 Å². The fraction of sp³-hybridized carbons (Fsp3) is 0.538. The van der Waals surface area contributed by atoms with Gasteiger partial charge in [0.25, 0.3) is 5.69 Å². The summed E-state index contributed by atoms with van der Waals surface area (Å²) in [7, 11) is 0. The average molecular weight is 360 g/mol. The molecule has 1 aromatic carbocycles. The Kier molecular flexibility index (Phi) is 4.09. The summed E-state index contributed by atoms with van der Waals surface area (Å²) in [5.41, 5.74) is 1.29. The molecule has 98 valence electrons. The zero-order valence-corrected chi connectivity index (χ0v) is 12.6. The summed E-state index contributed by atoms with van der Waals surface area (Å²) in [6, 6.07) is 5.25. The maximum atomic E-state index is 10.8. The van der Waals surface area contributed by atoms with Gasteiger partial charge in [-0.15, -0.1) is 0 Å². The van der Waals surface area contributed by atoms with Crippen LogP contribution in [0.3, 0.4) is 0 Å². The topological polar surface area (TPSA) is 55.2 Å². The summed E-state index contributed by atoms with van der Waals surface area (Å²) in [6.45, 7) is 2.24. The number of anilines is 1. The number of halogens is 1.